The molecule has 3 rings (SSSR count). The highest BCUT2D eigenvalue weighted by Crippen LogP contribution is 2.24. The number of amides is 2. The van der Waals surface area contributed by atoms with E-state index in [2.05, 4.69) is 10.6 Å². The van der Waals surface area contributed by atoms with Gasteiger partial charge in [-0.25, -0.2) is 4.79 Å². The van der Waals surface area contributed by atoms with E-state index in [0.717, 1.165) is 0 Å². The minimum absolute atomic E-state index is 0.0822. The molecule has 10 heteroatoms. The van der Waals surface area contributed by atoms with Gasteiger partial charge in [0, 0.05) is 23.4 Å². The topological polar surface area (TPSA) is 137 Å². The molecule has 0 spiro atoms. The number of para-hydroxylation sites is 2. The van der Waals surface area contributed by atoms with E-state index in [1.165, 1.54) is 55.6 Å². The molecule has 2 amide bonds. The maximum absolute atomic E-state index is 12.4. The Hall–Kier alpha value is -4.73. The van der Waals surface area contributed by atoms with Gasteiger partial charge >= 0.3 is 5.97 Å². The van der Waals surface area contributed by atoms with Gasteiger partial charge in [0.2, 0.25) is 0 Å². The summed E-state index contributed by atoms with van der Waals surface area (Å²) < 4.78 is 10.1. The first kappa shape index (κ1) is 22.9. The molecular weight excluding hydrogens is 430 g/mol. The molecular formula is C23H19N3O7. The van der Waals surface area contributed by atoms with Gasteiger partial charge in [0.05, 0.1) is 23.3 Å². The van der Waals surface area contributed by atoms with Gasteiger partial charge in [-0.3, -0.25) is 19.7 Å². The first-order valence-corrected chi connectivity index (χ1v) is 9.63. The number of hydrogen-bond donors (Lipinski definition) is 2. The second-order valence-corrected chi connectivity index (χ2v) is 6.66. The molecule has 2 N–H and O–H groups in total. The summed E-state index contributed by atoms with van der Waals surface area (Å²) in [6.07, 6.45) is 0. The van der Waals surface area contributed by atoms with Crippen molar-refractivity contribution in [2.45, 2.75) is 0 Å². The predicted octanol–water partition coefficient (Wildman–Crippen LogP) is 3.65. The van der Waals surface area contributed by atoms with Crippen molar-refractivity contribution in [2.75, 3.05) is 24.4 Å². The Kier molecular flexibility index (Phi) is 7.32. The number of carbonyl (C=O) groups is 3. The quantitative estimate of drug-likeness (QED) is 0.304. The standard InChI is InChI=1S/C23H19N3O7/c1-32-20-5-3-2-4-19(20)25-22(28)15-6-10-17(11-7-15)24-21(27)14-33-23(29)16-8-12-18(13-9-16)26(30)31/h2-13H,14H2,1H3,(H,24,27)(H,25,28). The van der Waals surface area contributed by atoms with Crippen LogP contribution in [0.1, 0.15) is 20.7 Å². The highest BCUT2D eigenvalue weighted by molar-refractivity contribution is 6.05. The van der Waals surface area contributed by atoms with Crippen molar-refractivity contribution < 1.29 is 28.8 Å². The van der Waals surface area contributed by atoms with Crippen molar-refractivity contribution in [2.24, 2.45) is 0 Å². The molecule has 0 aliphatic carbocycles. The molecule has 0 radical (unpaired) electrons. The summed E-state index contributed by atoms with van der Waals surface area (Å²) in [6.45, 7) is -0.550. The normalized spacial score (nSPS) is 10.1. The van der Waals surface area contributed by atoms with Crippen LogP contribution in [0, 0.1) is 10.1 Å². The van der Waals surface area contributed by atoms with Crippen molar-refractivity contribution >= 4 is 34.8 Å². The lowest BCUT2D eigenvalue weighted by atomic mass is 10.2. The van der Waals surface area contributed by atoms with Crippen LogP contribution in [0.2, 0.25) is 0 Å². The van der Waals surface area contributed by atoms with Crippen LogP contribution >= 0.6 is 0 Å². The SMILES string of the molecule is COc1ccccc1NC(=O)c1ccc(NC(=O)COC(=O)c2ccc([N+](=O)[O-])cc2)cc1. The van der Waals surface area contributed by atoms with Gasteiger partial charge in [-0.05, 0) is 48.5 Å². The van der Waals surface area contributed by atoms with Gasteiger partial charge in [0.1, 0.15) is 5.75 Å². The zero-order valence-corrected chi connectivity index (χ0v) is 17.4. The van der Waals surface area contributed by atoms with Crippen LogP contribution in [0.5, 0.6) is 5.75 Å². The maximum atomic E-state index is 12.4. The fraction of sp³-hybridized carbons (Fsp3) is 0.0870. The van der Waals surface area contributed by atoms with Crippen molar-refractivity contribution in [1.29, 1.82) is 0 Å². The summed E-state index contributed by atoms with van der Waals surface area (Å²) >= 11 is 0. The largest absolute Gasteiger partial charge is 0.495 e. The lowest BCUT2D eigenvalue weighted by Gasteiger charge is -2.10. The first-order chi connectivity index (χ1) is 15.9. The van der Waals surface area contributed by atoms with Gasteiger partial charge < -0.3 is 20.1 Å². The van der Waals surface area contributed by atoms with Crippen LogP contribution in [0.3, 0.4) is 0 Å². The predicted molar refractivity (Wildman–Crippen MR) is 119 cm³/mol. The first-order valence-electron chi connectivity index (χ1n) is 9.63. The molecule has 0 saturated heterocycles. The summed E-state index contributed by atoms with van der Waals surface area (Å²) in [5.41, 5.74) is 1.21. The number of nitrogens with one attached hydrogen (secondary N) is 2. The number of methoxy groups -OCH3 is 1. The number of benzene rings is 3. The van der Waals surface area contributed by atoms with Crippen LogP contribution in [-0.4, -0.2) is 36.4 Å². The third-order valence-corrected chi connectivity index (χ3v) is 4.43. The van der Waals surface area contributed by atoms with E-state index in [1.54, 1.807) is 24.3 Å². The smallest absolute Gasteiger partial charge is 0.338 e. The molecule has 0 aromatic heterocycles. The highest BCUT2D eigenvalue weighted by Gasteiger charge is 2.13. The van der Waals surface area contributed by atoms with Crippen LogP contribution in [0.15, 0.2) is 72.8 Å². The zero-order chi connectivity index (χ0) is 23.8. The number of nitro benzene ring substituents is 1. The summed E-state index contributed by atoms with van der Waals surface area (Å²) in [6, 6.07) is 17.9. The maximum Gasteiger partial charge on any atom is 0.338 e. The van der Waals surface area contributed by atoms with E-state index in [9.17, 15) is 24.5 Å². The van der Waals surface area contributed by atoms with Gasteiger partial charge in [0.25, 0.3) is 17.5 Å². The second kappa shape index (κ2) is 10.5. The summed E-state index contributed by atoms with van der Waals surface area (Å²) in [7, 11) is 1.51. The molecule has 0 aliphatic heterocycles. The van der Waals surface area contributed by atoms with E-state index in [0.29, 0.717) is 22.7 Å². The van der Waals surface area contributed by atoms with Crippen LogP contribution < -0.4 is 15.4 Å². The molecule has 0 aliphatic rings. The second-order valence-electron chi connectivity index (χ2n) is 6.66. The number of anilines is 2. The van der Waals surface area contributed by atoms with Gasteiger partial charge in [-0.2, -0.15) is 0 Å². The Morgan fingerprint density at radius 1 is 0.879 bits per heavy atom. The third kappa shape index (κ3) is 6.14. The zero-order valence-electron chi connectivity index (χ0n) is 17.4. The number of hydrogen-bond acceptors (Lipinski definition) is 7. The van der Waals surface area contributed by atoms with E-state index >= 15 is 0 Å². The van der Waals surface area contributed by atoms with E-state index in [-0.39, 0.29) is 17.2 Å². The molecule has 3 aromatic carbocycles. The molecule has 0 fully saturated rings. The van der Waals surface area contributed by atoms with Crippen molar-refractivity contribution in [3.8, 4) is 5.75 Å². The third-order valence-electron chi connectivity index (χ3n) is 4.43. The Labute approximate surface area is 188 Å². The Balaban J connectivity index is 1.51. The number of esters is 1. The fourth-order valence-electron chi connectivity index (χ4n) is 2.78. The van der Waals surface area contributed by atoms with E-state index < -0.39 is 23.4 Å². The molecule has 10 nitrogen and oxygen atoms in total. The van der Waals surface area contributed by atoms with Crippen molar-refractivity contribution in [3.63, 3.8) is 0 Å². The van der Waals surface area contributed by atoms with Crippen LogP contribution in [-0.2, 0) is 9.53 Å². The molecule has 33 heavy (non-hydrogen) atoms. The molecule has 168 valence electrons. The summed E-state index contributed by atoms with van der Waals surface area (Å²) in [5.74, 6) is -1.20. The summed E-state index contributed by atoms with van der Waals surface area (Å²) in [4.78, 5) is 46.5. The van der Waals surface area contributed by atoms with E-state index in [1.807, 2.05) is 0 Å². The number of nitrogens with zero attached hydrogens (tertiary/aromatic N) is 1. The lowest BCUT2D eigenvalue weighted by Crippen LogP contribution is -2.21. The summed E-state index contributed by atoms with van der Waals surface area (Å²) in [5, 5.41) is 15.9. The number of non-ortho nitro benzene ring substituents is 1. The van der Waals surface area contributed by atoms with E-state index in [4.69, 9.17) is 9.47 Å². The fourth-order valence-corrected chi connectivity index (χ4v) is 2.78. The van der Waals surface area contributed by atoms with Gasteiger partial charge in [0.15, 0.2) is 6.61 Å². The van der Waals surface area contributed by atoms with Crippen LogP contribution in [0.25, 0.3) is 0 Å². The number of rotatable bonds is 8. The highest BCUT2D eigenvalue weighted by atomic mass is 16.6. The Morgan fingerprint density at radius 3 is 2.15 bits per heavy atom. The molecule has 3 aromatic rings. The molecule has 0 atom stereocenters. The Morgan fingerprint density at radius 2 is 1.52 bits per heavy atom. The molecule has 0 saturated carbocycles. The Bertz CT molecular complexity index is 1180. The van der Waals surface area contributed by atoms with Gasteiger partial charge in [-0.15, -0.1) is 0 Å². The van der Waals surface area contributed by atoms with Crippen LogP contribution in [0.4, 0.5) is 17.1 Å². The van der Waals surface area contributed by atoms with Crippen molar-refractivity contribution in [3.05, 3.63) is 94.0 Å². The average molecular weight is 449 g/mol. The minimum atomic E-state index is -0.789. The molecule has 0 unspecified atom stereocenters. The minimum Gasteiger partial charge on any atom is -0.495 e. The number of nitro groups is 1. The van der Waals surface area contributed by atoms with Gasteiger partial charge in [-0.1, -0.05) is 12.1 Å². The molecule has 0 bridgehead atoms. The van der Waals surface area contributed by atoms with Crippen molar-refractivity contribution in [1.82, 2.24) is 0 Å². The number of carbonyl (C=O) groups excluding carboxylic acids is 3. The monoisotopic (exact) mass is 449 g/mol. The average Bonchev–Trinajstić information content (AvgIpc) is 2.83. The lowest BCUT2D eigenvalue weighted by molar-refractivity contribution is -0.384. The number of ether oxygens (including phenoxy) is 2. The molecule has 0 heterocycles.